The van der Waals surface area contributed by atoms with Gasteiger partial charge in [0.1, 0.15) is 11.5 Å². The standard InChI is InChI=1S/C21H25F3N4O6.C16H22F3N3O2.C9H8N2O7/c22-21(23,24)33-17-13-16(26-9-11-32-12-10-26)2-1-15(17)14-25-5-7-27(8-6-25)20(31)34-28-18(29)3-4-19(28)30;17-16(18,19)24-15-11-14(22-7-9-23-10-8-22)2-1-13(15)12-21-5-3-20-4-6-21;12-5-1-2-6(13)10(5)17-9(16)18-11-7(14)3-4-8(11)15/h1-2,13H,3-12,14H2;1-2,11,20H,3-10,12H2;1-4H2. The second-order valence-corrected chi connectivity index (χ2v) is 17.7. The Balaban J connectivity index is 0.000000175. The molecule has 0 atom stereocenters. The van der Waals surface area contributed by atoms with Gasteiger partial charge in [-0.25, -0.2) is 4.79 Å². The molecule has 9 rings (SSSR count). The first kappa shape index (κ1) is 56.7. The fourth-order valence-corrected chi connectivity index (χ4v) is 8.54. The predicted octanol–water partition coefficient (Wildman–Crippen LogP) is 2.83. The first-order chi connectivity index (χ1) is 36.2. The maximum Gasteiger partial charge on any atom is 0.573 e. The molecule has 0 saturated carbocycles. The summed E-state index contributed by atoms with van der Waals surface area (Å²) in [6.07, 6.45) is -12.0. The van der Waals surface area contributed by atoms with E-state index in [-0.39, 0.29) is 79.8 Å². The highest BCUT2D eigenvalue weighted by atomic mass is 19.4. The molecule has 0 unspecified atom stereocenters. The lowest BCUT2D eigenvalue weighted by molar-refractivity contribution is -0.276. The van der Waals surface area contributed by atoms with E-state index in [9.17, 15) is 64.7 Å². The highest BCUT2D eigenvalue weighted by molar-refractivity contribution is 6.03. The Morgan fingerprint density at radius 3 is 1.21 bits per heavy atom. The predicted molar refractivity (Wildman–Crippen MR) is 245 cm³/mol. The third-order valence-corrected chi connectivity index (χ3v) is 12.5. The quantitative estimate of drug-likeness (QED) is 0.251. The number of imide groups is 3. The van der Waals surface area contributed by atoms with Gasteiger partial charge in [0.05, 0.1) is 26.4 Å². The first-order valence-electron chi connectivity index (χ1n) is 24.2. The molecule has 30 heteroatoms. The number of alkyl halides is 6. The lowest BCUT2D eigenvalue weighted by atomic mass is 10.1. The summed E-state index contributed by atoms with van der Waals surface area (Å²) < 4.78 is 96.8. The van der Waals surface area contributed by atoms with Crippen LogP contribution in [0.2, 0.25) is 0 Å². The summed E-state index contributed by atoms with van der Waals surface area (Å²) in [6, 6.07) is 9.89. The molecular weight excluding hydrogens is 1030 g/mol. The number of ether oxygens (including phenoxy) is 4. The number of halogens is 6. The zero-order valence-electron chi connectivity index (χ0n) is 40.9. The number of anilines is 2. The van der Waals surface area contributed by atoms with Gasteiger partial charge in [-0.1, -0.05) is 22.3 Å². The maximum atomic E-state index is 13.1. The molecule has 0 aliphatic carbocycles. The van der Waals surface area contributed by atoms with Crippen LogP contribution in [0.15, 0.2) is 36.4 Å². The monoisotopic (exact) mass is 1090 g/mol. The summed E-state index contributed by atoms with van der Waals surface area (Å²) in [5.41, 5.74) is 2.30. The Hall–Kier alpha value is -7.02. The SMILES string of the molecule is FC(F)(F)Oc1cc(N2CCOCC2)ccc1CN1CCNCC1.O=C(ON1C(=O)CCC1=O)N1CCN(Cc2ccc(N3CCOCC3)cc2OC(F)(F)F)CC1.O=C(ON1C(=O)CCC1=O)ON1C(=O)CCC1=O. The number of benzene rings is 2. The molecule has 7 aliphatic heterocycles. The van der Waals surface area contributed by atoms with Crippen molar-refractivity contribution >= 4 is 59.1 Å². The van der Waals surface area contributed by atoms with Crippen LogP contribution in [-0.4, -0.2) is 195 Å². The van der Waals surface area contributed by atoms with Crippen LogP contribution in [0.1, 0.15) is 49.7 Å². The summed E-state index contributed by atoms with van der Waals surface area (Å²) in [7, 11) is 0. The van der Waals surface area contributed by atoms with Gasteiger partial charge >= 0.3 is 25.0 Å². The Morgan fingerprint density at radius 2 is 0.842 bits per heavy atom. The number of hydrogen-bond acceptors (Lipinski definition) is 20. The van der Waals surface area contributed by atoms with Crippen molar-refractivity contribution in [3.05, 3.63) is 47.5 Å². The molecule has 24 nitrogen and oxygen atoms in total. The molecule has 0 radical (unpaired) electrons. The van der Waals surface area contributed by atoms with E-state index >= 15 is 0 Å². The summed E-state index contributed by atoms with van der Waals surface area (Å²) in [6.45, 7) is 9.85. The third kappa shape index (κ3) is 16.2. The van der Waals surface area contributed by atoms with Crippen LogP contribution in [0.25, 0.3) is 0 Å². The van der Waals surface area contributed by atoms with Crippen molar-refractivity contribution in [1.82, 2.24) is 35.2 Å². The van der Waals surface area contributed by atoms with Crippen molar-refractivity contribution < 1.29 is 98.2 Å². The minimum absolute atomic E-state index is 0.00650. The van der Waals surface area contributed by atoms with Gasteiger partial charge in [0.15, 0.2) is 0 Å². The van der Waals surface area contributed by atoms with E-state index in [1.54, 1.807) is 18.2 Å². The second kappa shape index (κ2) is 25.7. The number of hydroxylamine groups is 6. The molecule has 1 N–H and O–H groups in total. The van der Waals surface area contributed by atoms with Gasteiger partial charge in [-0.05, 0) is 12.1 Å². The number of nitrogens with one attached hydrogen (secondary N) is 1. The van der Waals surface area contributed by atoms with E-state index in [2.05, 4.69) is 29.4 Å². The average Bonchev–Trinajstić information content (AvgIpc) is 4.01. The number of rotatable bonds is 11. The minimum Gasteiger partial charge on any atom is -0.405 e. The molecule has 416 valence electrons. The van der Waals surface area contributed by atoms with Crippen LogP contribution in [0, 0.1) is 0 Å². The van der Waals surface area contributed by atoms with E-state index in [0.717, 1.165) is 31.9 Å². The Kier molecular flexibility index (Phi) is 19.2. The molecule has 7 aliphatic rings. The van der Waals surface area contributed by atoms with Crippen LogP contribution in [0.5, 0.6) is 11.5 Å². The normalized spacial score (nSPS) is 20.1. The van der Waals surface area contributed by atoms with Crippen molar-refractivity contribution in [1.29, 1.82) is 0 Å². The summed E-state index contributed by atoms with van der Waals surface area (Å²) >= 11 is 0. The van der Waals surface area contributed by atoms with Crippen molar-refractivity contribution in [3.8, 4) is 11.5 Å². The highest BCUT2D eigenvalue weighted by Crippen LogP contribution is 2.34. The zero-order chi connectivity index (χ0) is 54.6. The molecule has 0 aromatic heterocycles. The highest BCUT2D eigenvalue weighted by Gasteiger charge is 2.39. The van der Waals surface area contributed by atoms with Crippen LogP contribution < -0.4 is 24.6 Å². The van der Waals surface area contributed by atoms with Gasteiger partial charge in [-0.3, -0.25) is 48.2 Å². The molecule has 0 bridgehead atoms. The Bertz CT molecular complexity index is 2360. The van der Waals surface area contributed by atoms with E-state index < -0.39 is 60.4 Å². The lowest BCUT2D eigenvalue weighted by Gasteiger charge is -2.34. The molecule has 0 spiro atoms. The number of carbonyl (C=O) groups is 8. The van der Waals surface area contributed by atoms with Crippen molar-refractivity contribution in [3.63, 3.8) is 0 Å². The maximum absolute atomic E-state index is 13.1. The summed E-state index contributed by atoms with van der Waals surface area (Å²) in [4.78, 5) is 114. The number of amides is 7. The van der Waals surface area contributed by atoms with Gasteiger partial charge in [-0.2, -0.15) is 4.79 Å². The van der Waals surface area contributed by atoms with Gasteiger partial charge < -0.3 is 43.8 Å². The first-order valence-corrected chi connectivity index (χ1v) is 24.2. The van der Waals surface area contributed by atoms with Crippen LogP contribution in [0.3, 0.4) is 0 Å². The zero-order valence-corrected chi connectivity index (χ0v) is 40.9. The van der Waals surface area contributed by atoms with Gasteiger partial charge in [0.25, 0.3) is 35.4 Å². The second-order valence-electron chi connectivity index (χ2n) is 17.7. The Labute approximate surface area is 429 Å². The smallest absolute Gasteiger partial charge is 0.405 e. The van der Waals surface area contributed by atoms with E-state index in [4.69, 9.17) is 14.3 Å². The van der Waals surface area contributed by atoms with Crippen LogP contribution in [-0.2, 0) is 65.8 Å². The molecule has 7 saturated heterocycles. The number of morpholine rings is 2. The fourth-order valence-electron chi connectivity index (χ4n) is 8.54. The summed E-state index contributed by atoms with van der Waals surface area (Å²) in [5, 5.41) is 4.24. The molecule has 7 heterocycles. The topological polar surface area (TPSA) is 239 Å². The Morgan fingerprint density at radius 1 is 0.487 bits per heavy atom. The average molecular weight is 1090 g/mol. The minimum atomic E-state index is -4.83. The third-order valence-electron chi connectivity index (χ3n) is 12.5. The number of carbonyl (C=O) groups excluding carboxylic acids is 8. The van der Waals surface area contributed by atoms with Crippen LogP contribution >= 0.6 is 0 Å². The molecule has 2 aromatic rings. The van der Waals surface area contributed by atoms with Gasteiger partial charge in [0, 0.05) is 165 Å². The summed E-state index contributed by atoms with van der Waals surface area (Å²) in [5.74, 6) is -4.22. The molecule has 2 aromatic carbocycles. The van der Waals surface area contributed by atoms with Crippen molar-refractivity contribution in [2.24, 2.45) is 0 Å². The fraction of sp³-hybridized carbons (Fsp3) is 0.565. The van der Waals surface area contributed by atoms with Crippen molar-refractivity contribution in [2.75, 3.05) is 115 Å². The largest absolute Gasteiger partial charge is 0.573 e. The number of hydrogen-bond donors (Lipinski definition) is 1. The number of nitrogens with zero attached hydrogens (tertiary/aromatic N) is 8. The molecular formula is C46H55F6N9O15. The number of piperazine rings is 2. The molecule has 7 amide bonds. The van der Waals surface area contributed by atoms with E-state index in [0.29, 0.717) is 94.1 Å². The van der Waals surface area contributed by atoms with Crippen LogP contribution in [0.4, 0.5) is 47.3 Å². The molecule has 76 heavy (non-hydrogen) atoms. The van der Waals surface area contributed by atoms with Gasteiger partial charge in [-0.15, -0.1) is 31.4 Å². The lowest BCUT2D eigenvalue weighted by Crippen LogP contribution is -2.50. The molecule has 7 fully saturated rings. The van der Waals surface area contributed by atoms with Crippen molar-refractivity contribution in [2.45, 2.75) is 64.3 Å². The van der Waals surface area contributed by atoms with Gasteiger partial charge in [0.2, 0.25) is 0 Å². The van der Waals surface area contributed by atoms with E-state index in [1.165, 1.54) is 17.0 Å². The van der Waals surface area contributed by atoms with E-state index in [1.807, 2.05) is 20.8 Å².